The van der Waals surface area contributed by atoms with Crippen molar-refractivity contribution >= 4 is 11.6 Å². The zero-order valence-corrected chi connectivity index (χ0v) is 13.8. The molecular weight excluding hydrogens is 270 g/mol. The van der Waals surface area contributed by atoms with Gasteiger partial charge in [0.05, 0.1) is 7.11 Å². The molecule has 1 aliphatic carbocycles. The maximum Gasteiger partial charge on any atom is 0.122 e. The molecule has 1 aromatic carbocycles. The van der Waals surface area contributed by atoms with Gasteiger partial charge in [0.15, 0.2) is 0 Å². The molecule has 1 saturated carbocycles. The molecule has 2 rings (SSSR count). The Bertz CT molecular complexity index is 456. The third-order valence-electron chi connectivity index (χ3n) is 4.60. The first-order chi connectivity index (χ1) is 9.44. The van der Waals surface area contributed by atoms with Gasteiger partial charge in [-0.2, -0.15) is 0 Å². The SMILES string of the molecule is COc1ccc(Cl)cc1CC(C)(CNC1CC1)C(C)C. The number of halogens is 1. The average molecular weight is 296 g/mol. The van der Waals surface area contributed by atoms with Crippen molar-refractivity contribution < 1.29 is 4.74 Å². The molecular formula is C17H26ClNO. The topological polar surface area (TPSA) is 21.3 Å². The lowest BCUT2D eigenvalue weighted by atomic mass is 9.74. The summed E-state index contributed by atoms with van der Waals surface area (Å²) >= 11 is 6.15. The van der Waals surface area contributed by atoms with Crippen LogP contribution < -0.4 is 10.1 Å². The Morgan fingerprint density at radius 2 is 2.10 bits per heavy atom. The molecule has 0 heterocycles. The van der Waals surface area contributed by atoms with E-state index in [1.807, 2.05) is 18.2 Å². The third kappa shape index (κ3) is 3.89. The monoisotopic (exact) mass is 295 g/mol. The van der Waals surface area contributed by atoms with Crippen LogP contribution in [0.3, 0.4) is 0 Å². The molecule has 1 aromatic rings. The highest BCUT2D eigenvalue weighted by Crippen LogP contribution is 2.36. The van der Waals surface area contributed by atoms with Crippen LogP contribution in [0.2, 0.25) is 5.02 Å². The second-order valence-corrected chi connectivity index (χ2v) is 7.03. The largest absolute Gasteiger partial charge is 0.496 e. The average Bonchev–Trinajstić information content (AvgIpc) is 3.20. The Hall–Kier alpha value is -0.730. The summed E-state index contributed by atoms with van der Waals surface area (Å²) in [7, 11) is 1.72. The van der Waals surface area contributed by atoms with Crippen molar-refractivity contribution in [1.82, 2.24) is 5.32 Å². The van der Waals surface area contributed by atoms with E-state index >= 15 is 0 Å². The van der Waals surface area contributed by atoms with Gasteiger partial charge in [-0.3, -0.25) is 0 Å². The van der Waals surface area contributed by atoms with E-state index in [-0.39, 0.29) is 5.41 Å². The van der Waals surface area contributed by atoms with Gasteiger partial charge in [-0.05, 0) is 54.4 Å². The first kappa shape index (κ1) is 15.7. The fourth-order valence-corrected chi connectivity index (χ4v) is 2.65. The van der Waals surface area contributed by atoms with Gasteiger partial charge in [-0.25, -0.2) is 0 Å². The summed E-state index contributed by atoms with van der Waals surface area (Å²) in [4.78, 5) is 0. The predicted molar refractivity (Wildman–Crippen MR) is 85.7 cm³/mol. The van der Waals surface area contributed by atoms with Gasteiger partial charge < -0.3 is 10.1 Å². The summed E-state index contributed by atoms with van der Waals surface area (Å²) in [5.74, 6) is 1.53. The Kier molecular flexibility index (Phi) is 4.98. The number of rotatable bonds is 7. The second-order valence-electron chi connectivity index (χ2n) is 6.60. The third-order valence-corrected chi connectivity index (χ3v) is 4.84. The van der Waals surface area contributed by atoms with Crippen LogP contribution in [0, 0.1) is 11.3 Å². The first-order valence-corrected chi connectivity index (χ1v) is 7.88. The van der Waals surface area contributed by atoms with Crippen LogP contribution in [0.4, 0.5) is 0 Å². The van der Waals surface area contributed by atoms with Gasteiger partial charge in [0.2, 0.25) is 0 Å². The molecule has 1 aliphatic rings. The van der Waals surface area contributed by atoms with Crippen LogP contribution >= 0.6 is 11.6 Å². The number of methoxy groups -OCH3 is 1. The number of ether oxygens (including phenoxy) is 1. The number of nitrogens with one attached hydrogen (secondary N) is 1. The summed E-state index contributed by atoms with van der Waals surface area (Å²) < 4.78 is 5.48. The van der Waals surface area contributed by atoms with E-state index in [1.165, 1.54) is 18.4 Å². The van der Waals surface area contributed by atoms with Gasteiger partial charge in [-0.15, -0.1) is 0 Å². The second kappa shape index (κ2) is 6.36. The normalized spacial score (nSPS) is 18.1. The van der Waals surface area contributed by atoms with Crippen molar-refractivity contribution in [1.29, 1.82) is 0 Å². The number of benzene rings is 1. The fraction of sp³-hybridized carbons (Fsp3) is 0.647. The molecule has 20 heavy (non-hydrogen) atoms. The molecule has 2 nitrogen and oxygen atoms in total. The van der Waals surface area contributed by atoms with E-state index in [4.69, 9.17) is 16.3 Å². The first-order valence-electron chi connectivity index (χ1n) is 7.50. The van der Waals surface area contributed by atoms with Crippen molar-refractivity contribution in [3.63, 3.8) is 0 Å². The van der Waals surface area contributed by atoms with E-state index < -0.39 is 0 Å². The lowest BCUT2D eigenvalue weighted by Crippen LogP contribution is -2.38. The van der Waals surface area contributed by atoms with E-state index in [0.29, 0.717) is 5.92 Å². The smallest absolute Gasteiger partial charge is 0.122 e. The molecule has 3 heteroatoms. The molecule has 0 aliphatic heterocycles. The summed E-state index contributed by atoms with van der Waals surface area (Å²) in [5.41, 5.74) is 1.41. The van der Waals surface area contributed by atoms with Crippen LogP contribution in [0.1, 0.15) is 39.2 Å². The molecule has 0 amide bonds. The van der Waals surface area contributed by atoms with Crippen molar-refractivity contribution in [3.05, 3.63) is 28.8 Å². The minimum atomic E-state index is 0.209. The lowest BCUT2D eigenvalue weighted by Gasteiger charge is -2.35. The molecule has 0 saturated heterocycles. The van der Waals surface area contributed by atoms with Crippen LogP contribution in [0.25, 0.3) is 0 Å². The molecule has 1 N–H and O–H groups in total. The van der Waals surface area contributed by atoms with Crippen molar-refractivity contribution in [3.8, 4) is 5.75 Å². The molecule has 1 fully saturated rings. The van der Waals surface area contributed by atoms with Gasteiger partial charge in [0.1, 0.15) is 5.75 Å². The van der Waals surface area contributed by atoms with Crippen LogP contribution in [-0.4, -0.2) is 19.7 Å². The maximum atomic E-state index is 6.15. The summed E-state index contributed by atoms with van der Waals surface area (Å²) in [6, 6.07) is 6.64. The molecule has 0 radical (unpaired) electrons. The van der Waals surface area contributed by atoms with Crippen LogP contribution in [-0.2, 0) is 6.42 Å². The molecule has 1 atom stereocenters. The standard InChI is InChI=1S/C17H26ClNO/c1-12(2)17(3,11-19-15-6-7-15)10-13-9-14(18)5-8-16(13)20-4/h5,8-9,12,15,19H,6-7,10-11H2,1-4H3. The van der Waals surface area contributed by atoms with Gasteiger partial charge >= 0.3 is 0 Å². The maximum absolute atomic E-state index is 6.15. The Balaban J connectivity index is 2.15. The summed E-state index contributed by atoms with van der Waals surface area (Å²) in [5, 5.41) is 4.46. The van der Waals surface area contributed by atoms with E-state index in [2.05, 4.69) is 26.1 Å². The van der Waals surface area contributed by atoms with Crippen LogP contribution in [0.15, 0.2) is 18.2 Å². The Labute approximate surface area is 127 Å². The molecule has 0 aromatic heterocycles. The number of hydrogen-bond acceptors (Lipinski definition) is 2. The predicted octanol–water partition coefficient (Wildman–Crippen LogP) is 4.31. The molecule has 0 spiro atoms. The number of hydrogen-bond donors (Lipinski definition) is 1. The van der Waals surface area contributed by atoms with Crippen LogP contribution in [0.5, 0.6) is 5.75 Å². The fourth-order valence-electron chi connectivity index (χ4n) is 2.46. The van der Waals surface area contributed by atoms with Crippen molar-refractivity contribution in [2.45, 2.75) is 46.1 Å². The van der Waals surface area contributed by atoms with E-state index in [9.17, 15) is 0 Å². The highest BCUT2D eigenvalue weighted by molar-refractivity contribution is 6.30. The minimum absolute atomic E-state index is 0.209. The molecule has 1 unspecified atom stereocenters. The van der Waals surface area contributed by atoms with Crippen molar-refractivity contribution in [2.75, 3.05) is 13.7 Å². The zero-order chi connectivity index (χ0) is 14.8. The quantitative estimate of drug-likeness (QED) is 0.809. The van der Waals surface area contributed by atoms with Crippen molar-refractivity contribution in [2.24, 2.45) is 11.3 Å². The van der Waals surface area contributed by atoms with E-state index in [0.717, 1.165) is 29.8 Å². The minimum Gasteiger partial charge on any atom is -0.496 e. The lowest BCUT2D eigenvalue weighted by molar-refractivity contribution is 0.204. The van der Waals surface area contributed by atoms with Gasteiger partial charge in [0, 0.05) is 17.6 Å². The summed E-state index contributed by atoms with van der Waals surface area (Å²) in [6.45, 7) is 8.00. The Morgan fingerprint density at radius 1 is 1.40 bits per heavy atom. The van der Waals surface area contributed by atoms with E-state index in [1.54, 1.807) is 7.11 Å². The van der Waals surface area contributed by atoms with Gasteiger partial charge in [0.25, 0.3) is 0 Å². The highest BCUT2D eigenvalue weighted by Gasteiger charge is 2.32. The van der Waals surface area contributed by atoms with Gasteiger partial charge in [-0.1, -0.05) is 32.4 Å². The summed E-state index contributed by atoms with van der Waals surface area (Å²) in [6.07, 6.45) is 3.64. The zero-order valence-electron chi connectivity index (χ0n) is 13.0. The Morgan fingerprint density at radius 3 is 2.65 bits per heavy atom. The molecule has 112 valence electrons. The highest BCUT2D eigenvalue weighted by atomic mass is 35.5. The molecule has 0 bridgehead atoms.